The van der Waals surface area contributed by atoms with Crippen molar-refractivity contribution in [3.05, 3.63) is 65.2 Å². The van der Waals surface area contributed by atoms with Crippen molar-refractivity contribution in [2.75, 3.05) is 0 Å². The third kappa shape index (κ3) is 5.57. The molecule has 0 amide bonds. The number of ether oxygens (including phenoxy) is 1. The normalized spacial score (nSPS) is 12.0. The summed E-state index contributed by atoms with van der Waals surface area (Å²) in [6, 6.07) is 15.4. The minimum atomic E-state index is -2.02. The maximum atomic E-state index is 13.4. The third-order valence-corrected chi connectivity index (χ3v) is 6.27. The Labute approximate surface area is 187 Å². The molecule has 0 unspecified atom stereocenters. The lowest BCUT2D eigenvalue weighted by Crippen LogP contribution is -2.31. The van der Waals surface area contributed by atoms with E-state index in [0.717, 1.165) is 21.9 Å². The molecule has 0 aliphatic rings. The number of rotatable bonds is 6. The molecule has 0 radical (unpaired) electrons. The van der Waals surface area contributed by atoms with E-state index in [9.17, 15) is 4.79 Å². The number of benzene rings is 3. The van der Waals surface area contributed by atoms with E-state index in [1.165, 1.54) is 0 Å². The molecule has 0 aliphatic heterocycles. The fourth-order valence-corrected chi connectivity index (χ4v) is 5.05. The third-order valence-electron chi connectivity index (χ3n) is 4.62. The summed E-state index contributed by atoms with van der Waals surface area (Å²) in [4.78, 5) is 13.4. The molecule has 164 valence electrons. The molecule has 0 fully saturated rings. The van der Waals surface area contributed by atoms with E-state index in [1.807, 2.05) is 43.3 Å². The Hall–Kier alpha value is -2.58. The number of aryl methyl sites for hydroxylation is 2. The minimum absolute atomic E-state index is 0.400. The Morgan fingerprint density at radius 1 is 0.742 bits per heavy atom. The molecule has 3 aromatic carbocycles. The molecule has 0 spiro atoms. The number of carbonyl (C=O) groups excluding carboxylic acids is 1. The van der Waals surface area contributed by atoms with Crippen molar-refractivity contribution in [1.82, 2.24) is 0 Å². The van der Waals surface area contributed by atoms with E-state index in [-0.39, 0.29) is 0 Å². The number of carbonyl (C=O) groups is 1. The van der Waals surface area contributed by atoms with Gasteiger partial charge < -0.3 is 13.6 Å². The molecule has 0 heterocycles. The van der Waals surface area contributed by atoms with Crippen LogP contribution >= 0.6 is 0 Å². The quantitative estimate of drug-likeness (QED) is 0.227. The molecule has 0 bridgehead atoms. The van der Waals surface area contributed by atoms with Gasteiger partial charge >= 0.3 is 5.97 Å². The molecule has 0 aliphatic carbocycles. The second kappa shape index (κ2) is 8.51. The number of para-hydroxylation sites is 1. The Morgan fingerprint density at radius 2 is 1.35 bits per heavy atom. The average molecular weight is 453 g/mol. The lowest BCUT2D eigenvalue weighted by Gasteiger charge is -2.27. The van der Waals surface area contributed by atoms with Gasteiger partial charge in [-0.15, -0.1) is 0 Å². The van der Waals surface area contributed by atoms with Crippen LogP contribution in [-0.2, 0) is 0 Å². The second-order valence-electron chi connectivity index (χ2n) is 9.83. The predicted octanol–water partition coefficient (Wildman–Crippen LogP) is 7.10. The van der Waals surface area contributed by atoms with Gasteiger partial charge in [0.2, 0.25) is 16.6 Å². The van der Waals surface area contributed by atoms with Crippen LogP contribution in [0.5, 0.6) is 17.2 Å². The molecule has 3 aromatic rings. The first-order valence-corrected chi connectivity index (χ1v) is 17.4. The zero-order valence-corrected chi connectivity index (χ0v) is 21.8. The first-order valence-electron chi connectivity index (χ1n) is 10.6. The second-order valence-corrected chi connectivity index (χ2v) is 18.7. The van der Waals surface area contributed by atoms with E-state index in [2.05, 4.69) is 52.3 Å². The Kier molecular flexibility index (Phi) is 6.34. The van der Waals surface area contributed by atoms with Crippen molar-refractivity contribution >= 4 is 33.4 Å². The van der Waals surface area contributed by atoms with Gasteiger partial charge in [-0.2, -0.15) is 0 Å². The standard InChI is InChI=1S/C25H32O4Si2/c1-17-12-9-10-15-21(17)27-25(26)20-16-22(28-30(3,4)5)23-18(2)13-11-14-19(23)24(20)29-31(6,7)8/h9-16H,1-8H3. The maximum absolute atomic E-state index is 13.4. The molecular weight excluding hydrogens is 420 g/mol. The highest BCUT2D eigenvalue weighted by Gasteiger charge is 2.28. The van der Waals surface area contributed by atoms with Gasteiger partial charge in [-0.05, 0) is 76.4 Å². The summed E-state index contributed by atoms with van der Waals surface area (Å²) in [6.07, 6.45) is 0. The Balaban J connectivity index is 2.25. The number of esters is 1. The van der Waals surface area contributed by atoms with Gasteiger partial charge in [0.15, 0.2) is 0 Å². The highest BCUT2D eigenvalue weighted by atomic mass is 28.4. The van der Waals surface area contributed by atoms with Gasteiger partial charge in [-0.25, -0.2) is 4.79 Å². The SMILES string of the molecule is Cc1ccccc1OC(=O)c1cc(O[Si](C)(C)C)c2c(C)cccc2c1O[Si](C)(C)C. The van der Waals surface area contributed by atoms with Gasteiger partial charge in [0.25, 0.3) is 0 Å². The van der Waals surface area contributed by atoms with Crippen molar-refractivity contribution in [2.45, 2.75) is 53.1 Å². The predicted molar refractivity (Wildman–Crippen MR) is 133 cm³/mol. The molecule has 0 saturated heterocycles. The van der Waals surface area contributed by atoms with Crippen LogP contribution in [0.2, 0.25) is 39.3 Å². The van der Waals surface area contributed by atoms with Gasteiger partial charge in [0, 0.05) is 10.8 Å². The van der Waals surface area contributed by atoms with Crippen LogP contribution in [0.4, 0.5) is 0 Å². The van der Waals surface area contributed by atoms with Crippen LogP contribution in [0.25, 0.3) is 10.8 Å². The summed E-state index contributed by atoms with van der Waals surface area (Å²) in [6.45, 7) is 16.7. The topological polar surface area (TPSA) is 44.8 Å². The first-order chi connectivity index (χ1) is 14.4. The van der Waals surface area contributed by atoms with Gasteiger partial charge in [0.1, 0.15) is 22.8 Å². The lowest BCUT2D eigenvalue weighted by molar-refractivity contribution is 0.0731. The van der Waals surface area contributed by atoms with Crippen molar-refractivity contribution in [3.8, 4) is 17.2 Å². The lowest BCUT2D eigenvalue weighted by atomic mass is 10.0. The first kappa shape index (κ1) is 23.1. The van der Waals surface area contributed by atoms with Crippen LogP contribution in [0.3, 0.4) is 0 Å². The van der Waals surface area contributed by atoms with Crippen LogP contribution in [-0.4, -0.2) is 22.6 Å². The maximum Gasteiger partial charge on any atom is 0.347 e. The van der Waals surface area contributed by atoms with E-state index >= 15 is 0 Å². The number of hydrogen-bond donors (Lipinski definition) is 0. The van der Waals surface area contributed by atoms with Crippen molar-refractivity contribution < 1.29 is 18.4 Å². The summed E-state index contributed by atoms with van der Waals surface area (Å²) in [5.74, 6) is 1.40. The van der Waals surface area contributed by atoms with Crippen molar-refractivity contribution in [2.24, 2.45) is 0 Å². The molecule has 31 heavy (non-hydrogen) atoms. The smallest absolute Gasteiger partial charge is 0.347 e. The van der Waals surface area contributed by atoms with E-state index in [4.69, 9.17) is 13.6 Å². The molecule has 6 heteroatoms. The zero-order valence-electron chi connectivity index (χ0n) is 19.8. The summed E-state index contributed by atoms with van der Waals surface area (Å²) in [7, 11) is -3.94. The largest absolute Gasteiger partial charge is 0.544 e. The Bertz CT molecular complexity index is 1120. The highest BCUT2D eigenvalue weighted by Crippen LogP contribution is 2.41. The molecule has 0 atom stereocenters. The molecule has 0 saturated carbocycles. The molecule has 3 rings (SSSR count). The molecule has 4 nitrogen and oxygen atoms in total. The Morgan fingerprint density at radius 3 is 1.97 bits per heavy atom. The van der Waals surface area contributed by atoms with Gasteiger partial charge in [-0.1, -0.05) is 36.4 Å². The molecule has 0 N–H and O–H groups in total. The van der Waals surface area contributed by atoms with Crippen molar-refractivity contribution in [3.63, 3.8) is 0 Å². The van der Waals surface area contributed by atoms with Crippen LogP contribution in [0.15, 0.2) is 48.5 Å². The number of hydrogen-bond acceptors (Lipinski definition) is 4. The van der Waals surface area contributed by atoms with E-state index in [0.29, 0.717) is 22.8 Å². The van der Waals surface area contributed by atoms with E-state index in [1.54, 1.807) is 6.07 Å². The fraction of sp³-hybridized carbons (Fsp3) is 0.320. The zero-order chi connectivity index (χ0) is 23.0. The minimum Gasteiger partial charge on any atom is -0.544 e. The summed E-state index contributed by atoms with van der Waals surface area (Å²) >= 11 is 0. The summed E-state index contributed by atoms with van der Waals surface area (Å²) in [5.41, 5.74) is 2.39. The monoisotopic (exact) mass is 452 g/mol. The fourth-order valence-electron chi connectivity index (χ4n) is 3.40. The van der Waals surface area contributed by atoms with Crippen LogP contribution < -0.4 is 13.6 Å². The van der Waals surface area contributed by atoms with E-state index < -0.39 is 22.6 Å². The van der Waals surface area contributed by atoms with Gasteiger partial charge in [0.05, 0.1) is 0 Å². The average Bonchev–Trinajstić information content (AvgIpc) is 2.63. The van der Waals surface area contributed by atoms with Gasteiger partial charge in [-0.3, -0.25) is 0 Å². The summed E-state index contributed by atoms with van der Waals surface area (Å²) in [5, 5.41) is 1.88. The van der Waals surface area contributed by atoms with Crippen molar-refractivity contribution in [1.29, 1.82) is 0 Å². The molecule has 0 aromatic heterocycles. The highest BCUT2D eigenvalue weighted by molar-refractivity contribution is 6.71. The van der Waals surface area contributed by atoms with Crippen LogP contribution in [0, 0.1) is 13.8 Å². The molecular formula is C25H32O4Si2. The number of fused-ring (bicyclic) bond motifs is 1. The van der Waals surface area contributed by atoms with Crippen LogP contribution in [0.1, 0.15) is 21.5 Å². The summed E-state index contributed by atoms with van der Waals surface area (Å²) < 4.78 is 18.7.